The van der Waals surface area contributed by atoms with Crippen molar-refractivity contribution in [1.82, 2.24) is 4.90 Å². The van der Waals surface area contributed by atoms with Gasteiger partial charge >= 0.3 is 6.18 Å². The fourth-order valence-corrected chi connectivity index (χ4v) is 0.966. The predicted octanol–water partition coefficient (Wildman–Crippen LogP) is 0.858. The lowest BCUT2D eigenvalue weighted by Gasteiger charge is -2.29. The van der Waals surface area contributed by atoms with Crippen LogP contribution in [0, 0.1) is 5.41 Å². The summed E-state index contributed by atoms with van der Waals surface area (Å²) in [4.78, 5) is 0.976. The van der Waals surface area contributed by atoms with E-state index in [1.807, 2.05) is 0 Å². The van der Waals surface area contributed by atoms with Gasteiger partial charge in [-0.1, -0.05) is 0 Å². The van der Waals surface area contributed by atoms with Gasteiger partial charge in [-0.25, -0.2) is 0 Å². The van der Waals surface area contributed by atoms with Gasteiger partial charge in [-0.15, -0.1) is 0 Å². The zero-order chi connectivity index (χ0) is 9.19. The summed E-state index contributed by atoms with van der Waals surface area (Å²) in [6.07, 6.45) is -4.53. The van der Waals surface area contributed by atoms with Crippen molar-refractivity contribution in [3.63, 3.8) is 0 Å². The largest absolute Gasteiger partial charge is 0.448 e. The lowest BCUT2D eigenvalue weighted by atomic mass is 10.4. The SMILES string of the molecule is N=C(N1CCOCC1)C(F)(F)F. The molecule has 1 heterocycles. The lowest BCUT2D eigenvalue weighted by molar-refractivity contribution is -0.0742. The quantitative estimate of drug-likeness (QED) is 0.445. The molecule has 1 saturated heterocycles. The number of halogens is 3. The zero-order valence-corrected chi connectivity index (χ0v) is 6.32. The number of morpholine rings is 1. The highest BCUT2D eigenvalue weighted by molar-refractivity contribution is 5.84. The fraction of sp³-hybridized carbons (Fsp3) is 0.833. The second kappa shape index (κ2) is 3.30. The molecule has 12 heavy (non-hydrogen) atoms. The van der Waals surface area contributed by atoms with Crippen LogP contribution in [0.25, 0.3) is 0 Å². The molecule has 0 atom stereocenters. The van der Waals surface area contributed by atoms with Crippen LogP contribution in [0.3, 0.4) is 0 Å². The Labute approximate surface area is 67.6 Å². The van der Waals surface area contributed by atoms with Gasteiger partial charge in [-0.05, 0) is 0 Å². The maximum atomic E-state index is 11.9. The van der Waals surface area contributed by atoms with Gasteiger partial charge in [-0.3, -0.25) is 5.41 Å². The van der Waals surface area contributed by atoms with Crippen LogP contribution in [0.15, 0.2) is 0 Å². The highest BCUT2D eigenvalue weighted by atomic mass is 19.4. The van der Waals surface area contributed by atoms with E-state index in [2.05, 4.69) is 0 Å². The van der Waals surface area contributed by atoms with Gasteiger partial charge in [0.05, 0.1) is 13.2 Å². The Morgan fingerprint density at radius 2 is 1.75 bits per heavy atom. The van der Waals surface area contributed by atoms with Crippen LogP contribution in [0.4, 0.5) is 13.2 Å². The summed E-state index contributed by atoms with van der Waals surface area (Å²) >= 11 is 0. The molecule has 0 aromatic heterocycles. The second-order valence-electron chi connectivity index (χ2n) is 2.45. The van der Waals surface area contributed by atoms with E-state index in [1.54, 1.807) is 0 Å². The van der Waals surface area contributed by atoms with Crippen LogP contribution < -0.4 is 0 Å². The summed E-state index contributed by atoms with van der Waals surface area (Å²) < 4.78 is 40.6. The molecule has 0 aliphatic carbocycles. The number of amidine groups is 1. The van der Waals surface area contributed by atoms with Crippen LogP contribution in [0.5, 0.6) is 0 Å². The van der Waals surface area contributed by atoms with Gasteiger partial charge in [0.15, 0.2) is 0 Å². The van der Waals surface area contributed by atoms with Gasteiger partial charge in [0.2, 0.25) is 5.84 Å². The summed E-state index contributed by atoms with van der Waals surface area (Å²) in [5, 5.41) is 6.78. The molecule has 1 aliphatic rings. The average Bonchev–Trinajstić information content (AvgIpc) is 2.03. The molecule has 0 unspecified atom stereocenters. The van der Waals surface area contributed by atoms with Gasteiger partial charge in [0.25, 0.3) is 0 Å². The third kappa shape index (κ3) is 2.10. The molecule has 0 bridgehead atoms. The summed E-state index contributed by atoms with van der Waals surface area (Å²) in [5.41, 5.74) is 0. The monoisotopic (exact) mass is 182 g/mol. The zero-order valence-electron chi connectivity index (χ0n) is 6.32. The minimum absolute atomic E-state index is 0.151. The molecule has 1 aliphatic heterocycles. The van der Waals surface area contributed by atoms with Crippen molar-refractivity contribution < 1.29 is 17.9 Å². The normalized spacial score (nSPS) is 19.4. The molecular weight excluding hydrogens is 173 g/mol. The Morgan fingerprint density at radius 3 is 2.17 bits per heavy atom. The molecular formula is C6H9F3N2O. The second-order valence-corrected chi connectivity index (χ2v) is 2.45. The topological polar surface area (TPSA) is 36.3 Å². The highest BCUT2D eigenvalue weighted by Crippen LogP contribution is 2.19. The van der Waals surface area contributed by atoms with Crippen molar-refractivity contribution in [2.45, 2.75) is 6.18 Å². The van der Waals surface area contributed by atoms with E-state index < -0.39 is 12.0 Å². The Hall–Kier alpha value is -0.780. The van der Waals surface area contributed by atoms with E-state index in [0.717, 1.165) is 4.90 Å². The van der Waals surface area contributed by atoms with Crippen molar-refractivity contribution in [2.75, 3.05) is 26.3 Å². The Bertz CT molecular complexity index is 174. The summed E-state index contributed by atoms with van der Waals surface area (Å²) in [6, 6.07) is 0. The van der Waals surface area contributed by atoms with Crippen molar-refractivity contribution in [1.29, 1.82) is 5.41 Å². The maximum Gasteiger partial charge on any atom is 0.448 e. The molecule has 0 saturated carbocycles. The van der Waals surface area contributed by atoms with Crippen LogP contribution in [-0.2, 0) is 4.74 Å². The number of rotatable bonds is 0. The minimum Gasteiger partial charge on any atom is -0.378 e. The number of nitrogens with one attached hydrogen (secondary N) is 1. The number of alkyl halides is 3. The molecule has 3 nitrogen and oxygen atoms in total. The summed E-state index contributed by atoms with van der Waals surface area (Å²) in [6.45, 7) is 0.827. The first-order valence-electron chi connectivity index (χ1n) is 3.50. The predicted molar refractivity (Wildman–Crippen MR) is 36.2 cm³/mol. The van der Waals surface area contributed by atoms with Gasteiger partial charge in [0.1, 0.15) is 0 Å². The van der Waals surface area contributed by atoms with Crippen molar-refractivity contribution in [2.24, 2.45) is 0 Å². The Morgan fingerprint density at radius 1 is 1.25 bits per heavy atom. The number of nitrogens with zero attached hydrogens (tertiary/aromatic N) is 1. The number of ether oxygens (including phenoxy) is 1. The number of hydrogen-bond donors (Lipinski definition) is 1. The molecule has 0 amide bonds. The first-order valence-corrected chi connectivity index (χ1v) is 3.50. The van der Waals surface area contributed by atoms with Crippen LogP contribution in [0.2, 0.25) is 0 Å². The lowest BCUT2D eigenvalue weighted by Crippen LogP contribution is -2.46. The number of hydrogen-bond acceptors (Lipinski definition) is 2. The van der Waals surface area contributed by atoms with Crippen molar-refractivity contribution >= 4 is 5.84 Å². The maximum absolute atomic E-state index is 11.9. The minimum atomic E-state index is -4.53. The van der Waals surface area contributed by atoms with Gasteiger partial charge < -0.3 is 9.64 Å². The van der Waals surface area contributed by atoms with E-state index in [9.17, 15) is 13.2 Å². The smallest absolute Gasteiger partial charge is 0.378 e. The fourth-order valence-electron chi connectivity index (χ4n) is 0.966. The highest BCUT2D eigenvalue weighted by Gasteiger charge is 2.38. The van der Waals surface area contributed by atoms with E-state index in [0.29, 0.717) is 0 Å². The molecule has 0 radical (unpaired) electrons. The molecule has 0 aromatic carbocycles. The molecule has 1 N–H and O–H groups in total. The van der Waals surface area contributed by atoms with E-state index >= 15 is 0 Å². The molecule has 1 fully saturated rings. The summed E-state index contributed by atoms with van der Waals surface area (Å²) in [5.74, 6) is -1.27. The van der Waals surface area contributed by atoms with Crippen LogP contribution in [0.1, 0.15) is 0 Å². The molecule has 70 valence electrons. The van der Waals surface area contributed by atoms with Crippen molar-refractivity contribution in [3.8, 4) is 0 Å². The molecule has 1 rings (SSSR count). The van der Waals surface area contributed by atoms with E-state index in [4.69, 9.17) is 10.1 Å². The summed E-state index contributed by atoms with van der Waals surface area (Å²) in [7, 11) is 0. The average molecular weight is 182 g/mol. The van der Waals surface area contributed by atoms with Crippen LogP contribution >= 0.6 is 0 Å². The standard InChI is InChI=1S/C6H9F3N2O/c7-6(8,9)5(10)11-1-3-12-4-2-11/h10H,1-4H2. The van der Waals surface area contributed by atoms with Crippen LogP contribution in [-0.4, -0.2) is 43.2 Å². The van der Waals surface area contributed by atoms with E-state index in [-0.39, 0.29) is 26.3 Å². The van der Waals surface area contributed by atoms with Gasteiger partial charge in [0, 0.05) is 13.1 Å². The Balaban J connectivity index is 2.51. The molecule has 0 aromatic rings. The first kappa shape index (κ1) is 9.31. The van der Waals surface area contributed by atoms with E-state index in [1.165, 1.54) is 0 Å². The first-order chi connectivity index (χ1) is 5.52. The molecule has 6 heteroatoms. The molecule has 0 spiro atoms. The van der Waals surface area contributed by atoms with Gasteiger partial charge in [-0.2, -0.15) is 13.2 Å². The third-order valence-corrected chi connectivity index (χ3v) is 1.60. The third-order valence-electron chi connectivity index (χ3n) is 1.60. The Kier molecular flexibility index (Phi) is 2.56. The van der Waals surface area contributed by atoms with Crippen molar-refractivity contribution in [3.05, 3.63) is 0 Å².